The van der Waals surface area contributed by atoms with E-state index in [4.69, 9.17) is 39.4 Å². The molecule has 0 spiro atoms. The maximum atomic E-state index is 13.6. The lowest BCUT2D eigenvalue weighted by atomic mass is 9.72. The molecule has 0 unspecified atom stereocenters. The summed E-state index contributed by atoms with van der Waals surface area (Å²) in [5.74, 6) is 0.129. The summed E-state index contributed by atoms with van der Waals surface area (Å²) in [7, 11) is 0. The van der Waals surface area contributed by atoms with Crippen LogP contribution in [-0.4, -0.2) is 46.5 Å². The highest BCUT2D eigenvalue weighted by atomic mass is 16.6. The second-order valence-electron chi connectivity index (χ2n) is 15.3. The quantitative estimate of drug-likeness (QED) is 0.194. The summed E-state index contributed by atoms with van der Waals surface area (Å²) in [5.41, 5.74) is 9.23. The smallest absolute Gasteiger partial charge is 0.340 e. The molecule has 0 fully saturated rings. The molecule has 4 bridgehead atoms. The molecule has 268 valence electrons. The third-order valence-corrected chi connectivity index (χ3v) is 9.83. The summed E-state index contributed by atoms with van der Waals surface area (Å²) in [5, 5.41) is 9.53. The maximum absolute atomic E-state index is 13.6. The Morgan fingerprint density at radius 2 is 0.962 bits per heavy atom. The SMILES string of the molecule is CCOC(=O)c1c(C)nc2c3c1-c1ccc(cc1)O/N=C1/CC(C)(C)Cc4nc(C)c(C(=O)OCC)c(c41)-c1ccc(cc1)O/N=C\3CC(C)(C)C2. The second-order valence-corrected chi connectivity index (χ2v) is 15.3. The van der Waals surface area contributed by atoms with Gasteiger partial charge in [0.05, 0.1) is 58.5 Å². The minimum absolute atomic E-state index is 0.165. The summed E-state index contributed by atoms with van der Waals surface area (Å²) >= 11 is 0. The normalized spacial score (nSPS) is 18.5. The standard InChI is InChI=1S/C42H44N4O6/c1-9-49-39(47)33-23(3)43-29-19-41(5,6)21-31-37(29)35(33)25-11-15-27(16-12-25)52-46-32-22-42(7,8)20-30-38(32)36(26-13-17-28(18-14-26)51-45-31)34(24(4)44-30)40(48)50-10-2/h11-18H,9-10,19-22H2,1-8H3/b45-31-,46-32-. The van der Waals surface area contributed by atoms with Crippen molar-refractivity contribution in [2.45, 2.75) is 81.1 Å². The first-order chi connectivity index (χ1) is 24.8. The Kier molecular flexibility index (Phi) is 8.97. The average molecular weight is 701 g/mol. The first kappa shape index (κ1) is 35.0. The van der Waals surface area contributed by atoms with Gasteiger partial charge in [0.25, 0.3) is 0 Å². The van der Waals surface area contributed by atoms with E-state index in [-0.39, 0.29) is 24.0 Å². The summed E-state index contributed by atoms with van der Waals surface area (Å²) in [4.78, 5) is 49.4. The first-order valence-electron chi connectivity index (χ1n) is 17.9. The highest BCUT2D eigenvalue weighted by Gasteiger charge is 2.38. The number of hydrogen-bond donors (Lipinski definition) is 0. The van der Waals surface area contributed by atoms with Crippen molar-refractivity contribution in [3.05, 3.63) is 93.6 Å². The minimum Gasteiger partial charge on any atom is -0.462 e. The predicted molar refractivity (Wildman–Crippen MR) is 199 cm³/mol. The number of esters is 2. The second kappa shape index (κ2) is 13.3. The van der Waals surface area contributed by atoms with Gasteiger partial charge < -0.3 is 19.1 Å². The van der Waals surface area contributed by atoms with Gasteiger partial charge in [0.2, 0.25) is 0 Å². The molecule has 2 aromatic heterocycles. The molecule has 0 saturated carbocycles. The Hall–Kier alpha value is -5.38. The minimum atomic E-state index is -0.444. The number of aryl methyl sites for hydroxylation is 2. The zero-order valence-corrected chi connectivity index (χ0v) is 31.1. The van der Waals surface area contributed by atoms with Crippen LogP contribution >= 0.6 is 0 Å². The maximum Gasteiger partial charge on any atom is 0.340 e. The van der Waals surface area contributed by atoms with E-state index in [1.807, 2.05) is 62.4 Å². The van der Waals surface area contributed by atoms with Crippen LogP contribution < -0.4 is 9.68 Å². The first-order valence-corrected chi connectivity index (χ1v) is 17.9. The van der Waals surface area contributed by atoms with Gasteiger partial charge in [-0.2, -0.15) is 0 Å². The molecular weight excluding hydrogens is 656 g/mol. The molecule has 10 nitrogen and oxygen atoms in total. The lowest BCUT2D eigenvalue weighted by Crippen LogP contribution is -2.31. The van der Waals surface area contributed by atoms with Crippen LogP contribution in [0, 0.1) is 24.7 Å². The van der Waals surface area contributed by atoms with Crippen LogP contribution in [0.15, 0.2) is 58.8 Å². The van der Waals surface area contributed by atoms with Crippen molar-refractivity contribution < 1.29 is 28.7 Å². The number of benzene rings is 2. The summed E-state index contributed by atoms with van der Waals surface area (Å²) in [6, 6.07) is 15.0. The third kappa shape index (κ3) is 6.46. The van der Waals surface area contributed by atoms with Gasteiger partial charge in [-0.15, -0.1) is 0 Å². The molecule has 2 aliphatic carbocycles. The number of rotatable bonds is 4. The molecule has 0 amide bonds. The Bertz CT molecular complexity index is 2010. The van der Waals surface area contributed by atoms with E-state index in [2.05, 4.69) is 27.7 Å². The van der Waals surface area contributed by atoms with Crippen LogP contribution in [0.25, 0.3) is 22.3 Å². The zero-order chi connectivity index (χ0) is 36.9. The number of nitrogens with zero attached hydrogens (tertiary/aromatic N) is 4. The highest BCUT2D eigenvalue weighted by molar-refractivity contribution is 6.13. The van der Waals surface area contributed by atoms with E-state index in [1.165, 1.54) is 0 Å². The van der Waals surface area contributed by atoms with Crippen molar-refractivity contribution in [1.29, 1.82) is 0 Å². The molecule has 4 aromatic rings. The van der Waals surface area contributed by atoms with Gasteiger partial charge in [-0.1, -0.05) is 62.3 Å². The van der Waals surface area contributed by atoms with Gasteiger partial charge in [-0.3, -0.25) is 9.97 Å². The molecule has 6 heterocycles. The number of carbonyl (C=O) groups excluding carboxylic acids is 2. The molecule has 2 aromatic carbocycles. The topological polar surface area (TPSA) is 122 Å². The van der Waals surface area contributed by atoms with Crippen molar-refractivity contribution in [3.8, 4) is 33.8 Å². The van der Waals surface area contributed by atoms with Crippen LogP contribution in [0.3, 0.4) is 0 Å². The van der Waals surface area contributed by atoms with E-state index in [0.717, 1.165) is 33.6 Å². The molecule has 6 aliphatic rings. The molecule has 0 atom stereocenters. The molecule has 10 rings (SSSR count). The van der Waals surface area contributed by atoms with Crippen molar-refractivity contribution in [2.75, 3.05) is 13.2 Å². The molecule has 10 heteroatoms. The Labute approximate surface area is 304 Å². The number of oxime groups is 2. The summed E-state index contributed by atoms with van der Waals surface area (Å²) in [6.07, 6.45) is 2.58. The number of ether oxygens (including phenoxy) is 2. The Balaban J connectivity index is 1.49. The molecule has 0 radical (unpaired) electrons. The lowest BCUT2D eigenvalue weighted by molar-refractivity contribution is 0.0516. The molecule has 52 heavy (non-hydrogen) atoms. The molecule has 4 aliphatic heterocycles. The fourth-order valence-corrected chi connectivity index (χ4v) is 7.74. The van der Waals surface area contributed by atoms with E-state index in [1.54, 1.807) is 13.8 Å². The molecular formula is C42H44N4O6. The molecule has 0 saturated heterocycles. The van der Waals surface area contributed by atoms with E-state index in [0.29, 0.717) is 82.2 Å². The van der Waals surface area contributed by atoms with Crippen LogP contribution in [0.4, 0.5) is 0 Å². The Morgan fingerprint density at radius 1 is 0.596 bits per heavy atom. The largest absolute Gasteiger partial charge is 0.462 e. The van der Waals surface area contributed by atoms with E-state index < -0.39 is 11.9 Å². The zero-order valence-electron chi connectivity index (χ0n) is 31.1. The third-order valence-electron chi connectivity index (χ3n) is 9.83. The van der Waals surface area contributed by atoms with Crippen LogP contribution in [0.1, 0.15) is 109 Å². The van der Waals surface area contributed by atoms with Gasteiger partial charge in [0, 0.05) is 22.3 Å². The van der Waals surface area contributed by atoms with Gasteiger partial charge in [-0.25, -0.2) is 9.59 Å². The number of aromatic nitrogens is 2. The summed E-state index contributed by atoms with van der Waals surface area (Å²) in [6.45, 7) is 16.4. The fourth-order valence-electron chi connectivity index (χ4n) is 7.74. The molecule has 0 N–H and O–H groups in total. The number of carbonyl (C=O) groups is 2. The fraction of sp³-hybridized carbons (Fsp3) is 0.381. The monoisotopic (exact) mass is 700 g/mol. The lowest BCUT2D eigenvalue weighted by Gasteiger charge is -2.33. The van der Waals surface area contributed by atoms with Crippen molar-refractivity contribution >= 4 is 23.4 Å². The van der Waals surface area contributed by atoms with Gasteiger partial charge in [-0.05, 0) is 99.6 Å². The van der Waals surface area contributed by atoms with Crippen LogP contribution in [-0.2, 0) is 22.3 Å². The highest BCUT2D eigenvalue weighted by Crippen LogP contribution is 2.44. The van der Waals surface area contributed by atoms with Crippen LogP contribution in [0.5, 0.6) is 11.5 Å². The number of pyridine rings is 2. The average Bonchev–Trinajstić information content (AvgIpc) is 3.07. The Morgan fingerprint density at radius 3 is 1.31 bits per heavy atom. The van der Waals surface area contributed by atoms with E-state index in [9.17, 15) is 9.59 Å². The van der Waals surface area contributed by atoms with Gasteiger partial charge in [0.15, 0.2) is 11.5 Å². The van der Waals surface area contributed by atoms with Crippen molar-refractivity contribution in [2.24, 2.45) is 21.1 Å². The van der Waals surface area contributed by atoms with Gasteiger partial charge >= 0.3 is 11.9 Å². The van der Waals surface area contributed by atoms with Crippen molar-refractivity contribution in [3.63, 3.8) is 0 Å². The van der Waals surface area contributed by atoms with Crippen molar-refractivity contribution in [1.82, 2.24) is 9.97 Å². The predicted octanol–water partition coefficient (Wildman–Crippen LogP) is 8.61. The summed E-state index contributed by atoms with van der Waals surface area (Å²) < 4.78 is 11.1. The van der Waals surface area contributed by atoms with Crippen LogP contribution in [0.2, 0.25) is 0 Å². The van der Waals surface area contributed by atoms with E-state index >= 15 is 0 Å². The van der Waals surface area contributed by atoms with Gasteiger partial charge in [0.1, 0.15) is 0 Å². The number of hydrogen-bond acceptors (Lipinski definition) is 10.